The van der Waals surface area contributed by atoms with E-state index in [4.69, 9.17) is 5.11 Å². The maximum atomic E-state index is 12.4. The van der Waals surface area contributed by atoms with Gasteiger partial charge in [0.1, 0.15) is 6.04 Å². The van der Waals surface area contributed by atoms with E-state index in [1.54, 1.807) is 0 Å². The topological polar surface area (TPSA) is 66.4 Å². The van der Waals surface area contributed by atoms with Gasteiger partial charge < -0.3 is 10.4 Å². The van der Waals surface area contributed by atoms with Crippen molar-refractivity contribution in [1.82, 2.24) is 5.32 Å². The van der Waals surface area contributed by atoms with Gasteiger partial charge in [0.05, 0.1) is 12.0 Å². The number of hydrogen-bond donors (Lipinski definition) is 2. The molecule has 2 N–H and O–H groups in total. The number of nitrogens with one attached hydrogen (secondary N) is 1. The molecular formula is C14H14F3NO3. The minimum atomic E-state index is -4.42. The van der Waals surface area contributed by atoms with Gasteiger partial charge in [0.25, 0.3) is 0 Å². The number of hydrogen-bond acceptors (Lipinski definition) is 2. The van der Waals surface area contributed by atoms with E-state index in [0.717, 1.165) is 25.0 Å². The van der Waals surface area contributed by atoms with Crippen LogP contribution in [-0.4, -0.2) is 23.0 Å². The molecule has 0 bridgehead atoms. The third kappa shape index (κ3) is 4.21. The Morgan fingerprint density at radius 3 is 2.24 bits per heavy atom. The van der Waals surface area contributed by atoms with Gasteiger partial charge in [0.15, 0.2) is 0 Å². The standard InChI is InChI=1S/C14H14F3NO3/c15-14(16,17)10-5-1-8(2-6-10)7-11(19)18-12(13(20)21)9-3-4-9/h1-2,5-6,9,12H,3-4,7H2,(H,18,19)(H,20,21). The van der Waals surface area contributed by atoms with Gasteiger partial charge in [-0.1, -0.05) is 12.1 Å². The molecule has 1 fully saturated rings. The van der Waals surface area contributed by atoms with Crippen LogP contribution in [0.2, 0.25) is 0 Å². The van der Waals surface area contributed by atoms with Gasteiger partial charge >= 0.3 is 12.1 Å². The van der Waals surface area contributed by atoms with Crippen molar-refractivity contribution in [3.63, 3.8) is 0 Å². The minimum Gasteiger partial charge on any atom is -0.480 e. The molecule has 0 radical (unpaired) electrons. The van der Waals surface area contributed by atoms with Crippen molar-refractivity contribution >= 4 is 11.9 Å². The molecule has 0 heterocycles. The first kappa shape index (κ1) is 15.3. The highest BCUT2D eigenvalue weighted by Crippen LogP contribution is 2.33. The van der Waals surface area contributed by atoms with Gasteiger partial charge in [-0.05, 0) is 36.5 Å². The molecule has 0 aromatic heterocycles. The Hall–Kier alpha value is -2.05. The molecule has 21 heavy (non-hydrogen) atoms. The fourth-order valence-electron chi connectivity index (χ4n) is 2.03. The number of amides is 1. The van der Waals surface area contributed by atoms with Crippen LogP contribution in [0.5, 0.6) is 0 Å². The summed E-state index contributed by atoms with van der Waals surface area (Å²) >= 11 is 0. The molecule has 0 spiro atoms. The quantitative estimate of drug-likeness (QED) is 0.876. The Morgan fingerprint density at radius 2 is 1.81 bits per heavy atom. The van der Waals surface area contributed by atoms with Crippen molar-refractivity contribution in [2.75, 3.05) is 0 Å². The first-order chi connectivity index (χ1) is 9.77. The summed E-state index contributed by atoms with van der Waals surface area (Å²) < 4.78 is 37.2. The highest BCUT2D eigenvalue weighted by Gasteiger charge is 2.37. The molecule has 1 saturated carbocycles. The lowest BCUT2D eigenvalue weighted by atomic mass is 10.1. The van der Waals surface area contributed by atoms with Gasteiger partial charge in [0, 0.05) is 0 Å². The number of carboxylic acid groups (broad SMARTS) is 1. The maximum Gasteiger partial charge on any atom is 0.416 e. The molecule has 0 aliphatic heterocycles. The van der Waals surface area contributed by atoms with E-state index in [1.807, 2.05) is 0 Å². The molecule has 1 amide bonds. The molecule has 1 aromatic rings. The fourth-order valence-corrected chi connectivity index (χ4v) is 2.03. The lowest BCUT2D eigenvalue weighted by Gasteiger charge is -2.13. The van der Waals surface area contributed by atoms with Crippen LogP contribution in [0.3, 0.4) is 0 Å². The van der Waals surface area contributed by atoms with Gasteiger partial charge in [-0.3, -0.25) is 4.79 Å². The van der Waals surface area contributed by atoms with Gasteiger partial charge in [-0.15, -0.1) is 0 Å². The number of carbonyl (C=O) groups excluding carboxylic acids is 1. The summed E-state index contributed by atoms with van der Waals surface area (Å²) in [7, 11) is 0. The van der Waals surface area contributed by atoms with E-state index in [9.17, 15) is 22.8 Å². The van der Waals surface area contributed by atoms with Crippen molar-refractivity contribution in [1.29, 1.82) is 0 Å². The van der Waals surface area contributed by atoms with Crippen LogP contribution in [0.15, 0.2) is 24.3 Å². The van der Waals surface area contributed by atoms with E-state index >= 15 is 0 Å². The van der Waals surface area contributed by atoms with Gasteiger partial charge in [-0.2, -0.15) is 13.2 Å². The number of rotatable bonds is 5. The second-order valence-corrected chi connectivity index (χ2v) is 5.09. The van der Waals surface area contributed by atoms with Crippen molar-refractivity contribution in [2.45, 2.75) is 31.5 Å². The van der Waals surface area contributed by atoms with E-state index in [0.29, 0.717) is 5.56 Å². The molecular weight excluding hydrogens is 287 g/mol. The number of halogens is 3. The van der Waals surface area contributed by atoms with Crippen molar-refractivity contribution < 1.29 is 27.9 Å². The Morgan fingerprint density at radius 1 is 1.24 bits per heavy atom. The third-order valence-electron chi connectivity index (χ3n) is 3.32. The predicted octanol–water partition coefficient (Wildman–Crippen LogP) is 2.23. The van der Waals surface area contributed by atoms with E-state index in [1.165, 1.54) is 12.1 Å². The number of alkyl halides is 3. The van der Waals surface area contributed by atoms with E-state index < -0.39 is 29.7 Å². The average Bonchev–Trinajstić information content (AvgIpc) is 3.19. The van der Waals surface area contributed by atoms with Gasteiger partial charge in [-0.25, -0.2) is 4.79 Å². The maximum absolute atomic E-state index is 12.4. The lowest BCUT2D eigenvalue weighted by Crippen LogP contribution is -2.43. The summed E-state index contributed by atoms with van der Waals surface area (Å²) in [5.41, 5.74) is -0.381. The fraction of sp³-hybridized carbons (Fsp3) is 0.429. The molecule has 1 aliphatic rings. The minimum absolute atomic E-state index is 0.0425. The second-order valence-electron chi connectivity index (χ2n) is 5.09. The SMILES string of the molecule is O=C(Cc1ccc(C(F)(F)F)cc1)NC(C(=O)O)C1CC1. The van der Waals surface area contributed by atoms with Crippen molar-refractivity contribution in [3.05, 3.63) is 35.4 Å². The molecule has 4 nitrogen and oxygen atoms in total. The zero-order valence-corrected chi connectivity index (χ0v) is 11.0. The Kier molecular flexibility index (Phi) is 4.20. The van der Waals surface area contributed by atoms with Crippen LogP contribution in [-0.2, 0) is 22.2 Å². The van der Waals surface area contributed by atoms with Crippen LogP contribution in [0.4, 0.5) is 13.2 Å². The van der Waals surface area contributed by atoms with Gasteiger partial charge in [0.2, 0.25) is 5.91 Å². The van der Waals surface area contributed by atoms with Crippen LogP contribution in [0.1, 0.15) is 24.0 Å². The highest BCUT2D eigenvalue weighted by molar-refractivity contribution is 5.85. The molecule has 1 atom stereocenters. The molecule has 114 valence electrons. The summed E-state index contributed by atoms with van der Waals surface area (Å²) in [5, 5.41) is 11.4. The molecule has 1 aliphatic carbocycles. The third-order valence-corrected chi connectivity index (χ3v) is 3.32. The molecule has 1 unspecified atom stereocenters. The Labute approximate surface area is 119 Å². The number of aliphatic carboxylic acids is 1. The summed E-state index contributed by atoms with van der Waals surface area (Å²) in [4.78, 5) is 22.7. The van der Waals surface area contributed by atoms with Crippen molar-refractivity contribution in [3.8, 4) is 0 Å². The normalized spacial score (nSPS) is 16.3. The number of carboxylic acids is 1. The Bertz CT molecular complexity index is 535. The van der Waals surface area contributed by atoms with Crippen LogP contribution in [0.25, 0.3) is 0 Å². The zero-order chi connectivity index (χ0) is 15.6. The Balaban J connectivity index is 1.94. The molecule has 7 heteroatoms. The lowest BCUT2D eigenvalue weighted by molar-refractivity contribution is -0.142. The smallest absolute Gasteiger partial charge is 0.416 e. The summed E-state index contributed by atoms with van der Waals surface area (Å²) in [6.45, 7) is 0. The van der Waals surface area contributed by atoms with Crippen LogP contribution >= 0.6 is 0 Å². The zero-order valence-electron chi connectivity index (χ0n) is 11.0. The van der Waals surface area contributed by atoms with E-state index in [-0.39, 0.29) is 12.3 Å². The largest absolute Gasteiger partial charge is 0.480 e. The number of carbonyl (C=O) groups is 2. The van der Waals surface area contributed by atoms with E-state index in [2.05, 4.69) is 5.32 Å². The second kappa shape index (κ2) is 5.75. The molecule has 2 rings (SSSR count). The monoisotopic (exact) mass is 301 g/mol. The predicted molar refractivity (Wildman–Crippen MR) is 67.4 cm³/mol. The molecule has 0 saturated heterocycles. The summed E-state index contributed by atoms with van der Waals surface area (Å²) in [6.07, 6.45) is -3.04. The summed E-state index contributed by atoms with van der Waals surface area (Å²) in [5.74, 6) is -1.63. The highest BCUT2D eigenvalue weighted by atomic mass is 19.4. The van der Waals surface area contributed by atoms with Crippen LogP contribution in [0, 0.1) is 5.92 Å². The number of benzene rings is 1. The molecule has 1 aromatic carbocycles. The first-order valence-electron chi connectivity index (χ1n) is 6.45. The van der Waals surface area contributed by atoms with Crippen LogP contribution < -0.4 is 5.32 Å². The average molecular weight is 301 g/mol. The van der Waals surface area contributed by atoms with Crippen molar-refractivity contribution in [2.24, 2.45) is 5.92 Å². The first-order valence-corrected chi connectivity index (χ1v) is 6.45. The summed E-state index contributed by atoms with van der Waals surface area (Å²) in [6, 6.07) is 3.33.